The first-order valence-corrected chi connectivity index (χ1v) is 8.77. The van der Waals surface area contributed by atoms with E-state index in [0.717, 1.165) is 55.3 Å². The number of rotatable bonds is 5. The van der Waals surface area contributed by atoms with Crippen LogP contribution in [0.3, 0.4) is 0 Å². The summed E-state index contributed by atoms with van der Waals surface area (Å²) in [6, 6.07) is 10.5. The lowest BCUT2D eigenvalue weighted by Crippen LogP contribution is -2.34. The number of hydrogen-bond donors (Lipinski definition) is 2. The van der Waals surface area contributed by atoms with Gasteiger partial charge in [-0.25, -0.2) is 0 Å². The Bertz CT molecular complexity index is 693. The van der Waals surface area contributed by atoms with Gasteiger partial charge in [-0.2, -0.15) is 0 Å². The molecule has 128 valence electrons. The highest BCUT2D eigenvalue weighted by molar-refractivity contribution is 5.49. The van der Waals surface area contributed by atoms with Crippen LogP contribution in [0, 0.1) is 20.8 Å². The van der Waals surface area contributed by atoms with Crippen LogP contribution in [0.5, 0.6) is 5.75 Å². The number of aryl methyl sites for hydroxylation is 3. The van der Waals surface area contributed by atoms with E-state index in [9.17, 15) is 0 Å². The molecule has 2 aromatic rings. The van der Waals surface area contributed by atoms with Crippen LogP contribution in [0.15, 0.2) is 30.3 Å². The first kappa shape index (κ1) is 16.8. The van der Waals surface area contributed by atoms with Crippen molar-refractivity contribution in [3.8, 4) is 5.75 Å². The Kier molecular flexibility index (Phi) is 5.36. The number of aromatic nitrogens is 1. The molecular weight excluding hydrogens is 298 g/mol. The van der Waals surface area contributed by atoms with Crippen LogP contribution >= 0.6 is 0 Å². The van der Waals surface area contributed by atoms with Gasteiger partial charge in [0.2, 0.25) is 0 Å². The molecular formula is C20H27N3O. The predicted octanol–water partition coefficient (Wildman–Crippen LogP) is 3.75. The molecule has 4 heteroatoms. The van der Waals surface area contributed by atoms with Crippen molar-refractivity contribution >= 4 is 5.69 Å². The van der Waals surface area contributed by atoms with Crippen LogP contribution in [-0.4, -0.2) is 24.2 Å². The molecule has 1 aliphatic heterocycles. The normalized spacial score (nSPS) is 15.3. The molecule has 1 aromatic heterocycles. The van der Waals surface area contributed by atoms with Crippen LogP contribution in [0.1, 0.15) is 35.4 Å². The van der Waals surface area contributed by atoms with Crippen molar-refractivity contribution in [2.45, 2.75) is 46.3 Å². The van der Waals surface area contributed by atoms with Crippen molar-refractivity contribution in [3.05, 3.63) is 52.8 Å². The molecule has 0 unspecified atom stereocenters. The summed E-state index contributed by atoms with van der Waals surface area (Å²) in [5.74, 6) is 0.983. The first-order chi connectivity index (χ1) is 11.6. The second kappa shape index (κ2) is 7.67. The van der Waals surface area contributed by atoms with Gasteiger partial charge in [0.15, 0.2) is 0 Å². The molecule has 24 heavy (non-hydrogen) atoms. The van der Waals surface area contributed by atoms with E-state index in [1.54, 1.807) is 0 Å². The summed E-state index contributed by atoms with van der Waals surface area (Å²) in [6.07, 6.45) is 2.51. The fraction of sp³-hybridized carbons (Fsp3) is 0.450. The zero-order chi connectivity index (χ0) is 16.9. The lowest BCUT2D eigenvalue weighted by molar-refractivity contribution is 0.162. The summed E-state index contributed by atoms with van der Waals surface area (Å²) in [6.45, 7) is 9.10. The van der Waals surface area contributed by atoms with Gasteiger partial charge in [-0.15, -0.1) is 0 Å². The van der Waals surface area contributed by atoms with Gasteiger partial charge in [-0.3, -0.25) is 4.98 Å². The fourth-order valence-corrected chi connectivity index (χ4v) is 3.11. The maximum Gasteiger partial charge on any atom is 0.120 e. The smallest absolute Gasteiger partial charge is 0.120 e. The number of nitrogens with zero attached hydrogens (tertiary/aromatic N) is 1. The molecule has 0 atom stereocenters. The Balaban J connectivity index is 1.62. The number of piperidine rings is 1. The number of anilines is 1. The Hall–Kier alpha value is -2.07. The van der Waals surface area contributed by atoms with Crippen molar-refractivity contribution in [1.82, 2.24) is 10.3 Å². The monoisotopic (exact) mass is 325 g/mol. The third kappa shape index (κ3) is 4.26. The van der Waals surface area contributed by atoms with Gasteiger partial charge < -0.3 is 15.4 Å². The number of nitrogens with one attached hydrogen (secondary N) is 2. The second-order valence-electron chi connectivity index (χ2n) is 6.59. The SMILES string of the molecule is Cc1ccc(NCc2ccc(OC3CCNCC3)cc2C)c(C)n1. The van der Waals surface area contributed by atoms with Gasteiger partial charge >= 0.3 is 0 Å². The topological polar surface area (TPSA) is 46.2 Å². The molecule has 0 bridgehead atoms. The molecule has 2 heterocycles. The van der Waals surface area contributed by atoms with Crippen molar-refractivity contribution < 1.29 is 4.74 Å². The van der Waals surface area contributed by atoms with E-state index in [0.29, 0.717) is 6.10 Å². The maximum absolute atomic E-state index is 6.12. The summed E-state index contributed by atoms with van der Waals surface area (Å²) in [5, 5.41) is 6.85. The summed E-state index contributed by atoms with van der Waals surface area (Å²) < 4.78 is 6.12. The zero-order valence-electron chi connectivity index (χ0n) is 14.9. The van der Waals surface area contributed by atoms with Gasteiger partial charge in [0.05, 0.1) is 11.4 Å². The van der Waals surface area contributed by atoms with Gasteiger partial charge in [0.1, 0.15) is 11.9 Å². The quantitative estimate of drug-likeness (QED) is 0.879. The van der Waals surface area contributed by atoms with Crippen LogP contribution in [0.2, 0.25) is 0 Å². The van der Waals surface area contributed by atoms with Crippen molar-refractivity contribution in [2.24, 2.45) is 0 Å². The molecule has 0 aliphatic carbocycles. The molecule has 4 nitrogen and oxygen atoms in total. The Labute approximate surface area is 144 Å². The van der Waals surface area contributed by atoms with Gasteiger partial charge in [-0.1, -0.05) is 6.07 Å². The Morgan fingerprint density at radius 2 is 1.92 bits per heavy atom. The highest BCUT2D eigenvalue weighted by Gasteiger charge is 2.14. The minimum atomic E-state index is 0.343. The lowest BCUT2D eigenvalue weighted by Gasteiger charge is -2.24. The molecule has 0 amide bonds. The van der Waals surface area contributed by atoms with E-state index in [4.69, 9.17) is 4.74 Å². The van der Waals surface area contributed by atoms with E-state index in [1.807, 2.05) is 19.9 Å². The molecule has 0 spiro atoms. The molecule has 0 radical (unpaired) electrons. The van der Waals surface area contributed by atoms with E-state index in [2.05, 4.69) is 46.8 Å². The lowest BCUT2D eigenvalue weighted by atomic mass is 10.1. The largest absolute Gasteiger partial charge is 0.490 e. The highest BCUT2D eigenvalue weighted by Crippen LogP contribution is 2.22. The average Bonchev–Trinajstić information content (AvgIpc) is 2.56. The molecule has 1 saturated heterocycles. The van der Waals surface area contributed by atoms with Crippen molar-refractivity contribution in [1.29, 1.82) is 0 Å². The molecule has 1 fully saturated rings. The molecule has 0 saturated carbocycles. The van der Waals surface area contributed by atoms with Crippen LogP contribution < -0.4 is 15.4 Å². The first-order valence-electron chi connectivity index (χ1n) is 8.77. The molecule has 3 rings (SSSR count). The number of benzene rings is 1. The Morgan fingerprint density at radius 1 is 1.12 bits per heavy atom. The van der Waals surface area contributed by atoms with Crippen LogP contribution in [0.4, 0.5) is 5.69 Å². The zero-order valence-corrected chi connectivity index (χ0v) is 14.9. The third-order valence-electron chi connectivity index (χ3n) is 4.60. The summed E-state index contributed by atoms with van der Waals surface area (Å²) in [5.41, 5.74) is 5.72. The van der Waals surface area contributed by atoms with Crippen LogP contribution in [0.25, 0.3) is 0 Å². The highest BCUT2D eigenvalue weighted by atomic mass is 16.5. The van der Waals surface area contributed by atoms with Crippen molar-refractivity contribution in [2.75, 3.05) is 18.4 Å². The van der Waals surface area contributed by atoms with Gasteiger partial charge in [0, 0.05) is 12.2 Å². The second-order valence-corrected chi connectivity index (χ2v) is 6.59. The van der Waals surface area contributed by atoms with E-state index >= 15 is 0 Å². The standard InChI is InChI=1S/C20H27N3O/c1-14-12-19(24-18-8-10-21-11-9-18)6-5-17(14)13-22-20-7-4-15(2)23-16(20)3/h4-7,12,18,21-22H,8-11,13H2,1-3H3. The third-order valence-corrected chi connectivity index (χ3v) is 4.60. The fourth-order valence-electron chi connectivity index (χ4n) is 3.11. The maximum atomic E-state index is 6.12. The van der Waals surface area contributed by atoms with E-state index < -0.39 is 0 Å². The van der Waals surface area contributed by atoms with Crippen molar-refractivity contribution in [3.63, 3.8) is 0 Å². The van der Waals surface area contributed by atoms with Gasteiger partial charge in [0.25, 0.3) is 0 Å². The minimum absolute atomic E-state index is 0.343. The molecule has 1 aromatic carbocycles. The van der Waals surface area contributed by atoms with E-state index in [-0.39, 0.29) is 0 Å². The summed E-state index contributed by atoms with van der Waals surface area (Å²) >= 11 is 0. The van der Waals surface area contributed by atoms with Gasteiger partial charge in [-0.05, 0) is 82.1 Å². The number of hydrogen-bond acceptors (Lipinski definition) is 4. The van der Waals surface area contributed by atoms with E-state index in [1.165, 1.54) is 11.1 Å². The summed E-state index contributed by atoms with van der Waals surface area (Å²) in [7, 11) is 0. The number of pyridine rings is 1. The predicted molar refractivity (Wildman–Crippen MR) is 98.7 cm³/mol. The molecule has 1 aliphatic rings. The Morgan fingerprint density at radius 3 is 2.62 bits per heavy atom. The molecule has 2 N–H and O–H groups in total. The summed E-state index contributed by atoms with van der Waals surface area (Å²) in [4.78, 5) is 4.50. The van der Waals surface area contributed by atoms with Crippen LogP contribution in [-0.2, 0) is 6.54 Å². The average molecular weight is 325 g/mol. The number of ether oxygens (including phenoxy) is 1. The minimum Gasteiger partial charge on any atom is -0.490 e.